The van der Waals surface area contributed by atoms with E-state index in [0.717, 1.165) is 17.8 Å². The number of hydrogen-bond donors (Lipinski definition) is 0. The van der Waals surface area contributed by atoms with Crippen LogP contribution in [0.1, 0.15) is 104 Å². The van der Waals surface area contributed by atoms with Crippen LogP contribution in [-0.4, -0.2) is 25.4 Å². The Balaban J connectivity index is 0.00000119. The third kappa shape index (κ3) is 10.8. The van der Waals surface area contributed by atoms with Gasteiger partial charge in [-0.05, 0) is 49.4 Å². The fourth-order valence-electron chi connectivity index (χ4n) is 6.23. The van der Waals surface area contributed by atoms with Crippen LogP contribution in [-0.2, 0) is 0 Å². The minimum absolute atomic E-state index is 0. The molecule has 0 N–H and O–H groups in total. The Labute approximate surface area is 257 Å². The molecule has 210 valence electrons. The molecular formula is C28H44Cl7N. The maximum Gasteiger partial charge on any atom is 0.212 e. The minimum Gasteiger partial charge on any atom is -1.00 e. The molecule has 1 aliphatic heterocycles. The minimum atomic E-state index is -0.750. The summed E-state index contributed by atoms with van der Waals surface area (Å²) in [5, 5.41) is 0. The molecule has 1 aromatic carbocycles. The van der Waals surface area contributed by atoms with Crippen molar-refractivity contribution in [3.63, 3.8) is 0 Å². The van der Waals surface area contributed by atoms with Crippen LogP contribution in [0.4, 0.5) is 5.69 Å². The zero-order chi connectivity index (χ0) is 27.1. The Morgan fingerprint density at radius 1 is 0.778 bits per heavy atom. The molecule has 1 fully saturated rings. The van der Waals surface area contributed by atoms with Gasteiger partial charge in [0.1, 0.15) is 0 Å². The first-order chi connectivity index (χ1) is 16.1. The first-order valence-corrected chi connectivity index (χ1v) is 15.4. The van der Waals surface area contributed by atoms with E-state index in [1.54, 1.807) is 0 Å². The second-order valence-electron chi connectivity index (χ2n) is 11.1. The standard InChI is InChI=1S/C26H42N.2CHCl3.ClH/c1-17(2)22-10-9-11-23(18(3)4)25(22)27-16-26(15-21(27)8)14-20(7)12-13-24(26)19(5)6;2*2-1(3)4;/h9-11,16-21,24H,12-15H2,1-8H3;2*1H;1H/q+1;;;/p-1/t20-,21-,24+,26+;;;/m1.../s1. The molecule has 1 nitrogen and oxygen atoms in total. The maximum absolute atomic E-state index is 4.81. The fourth-order valence-corrected chi connectivity index (χ4v) is 6.23. The Hall–Kier alpha value is 0.920. The van der Waals surface area contributed by atoms with Crippen molar-refractivity contribution in [2.24, 2.45) is 23.2 Å². The summed E-state index contributed by atoms with van der Waals surface area (Å²) in [6, 6.07) is 7.58. The van der Waals surface area contributed by atoms with Crippen molar-refractivity contribution >= 4 is 81.5 Å². The van der Waals surface area contributed by atoms with Gasteiger partial charge in [0.05, 0.1) is 5.41 Å². The summed E-state index contributed by atoms with van der Waals surface area (Å²) in [5.41, 5.74) is 4.95. The molecule has 4 atom stereocenters. The Morgan fingerprint density at radius 2 is 1.22 bits per heavy atom. The summed E-state index contributed by atoms with van der Waals surface area (Å²) in [5.74, 6) is 3.57. The van der Waals surface area contributed by atoms with E-state index < -0.39 is 8.59 Å². The first kappa shape index (κ1) is 36.9. The molecule has 0 saturated heterocycles. The van der Waals surface area contributed by atoms with Crippen LogP contribution in [0.15, 0.2) is 18.2 Å². The molecule has 1 heterocycles. The number of nitrogens with zero attached hydrogens (tertiary/aromatic N) is 1. The number of benzene rings is 1. The lowest BCUT2D eigenvalue weighted by molar-refractivity contribution is -0.468. The molecule has 0 amide bonds. The van der Waals surface area contributed by atoms with Gasteiger partial charge in [-0.15, -0.1) is 0 Å². The zero-order valence-electron chi connectivity index (χ0n) is 22.8. The third-order valence-corrected chi connectivity index (χ3v) is 7.39. The van der Waals surface area contributed by atoms with Gasteiger partial charge in [0.2, 0.25) is 5.69 Å². The molecule has 2 aliphatic rings. The highest BCUT2D eigenvalue weighted by Crippen LogP contribution is 2.52. The van der Waals surface area contributed by atoms with Crippen LogP contribution in [0, 0.1) is 23.2 Å². The molecule has 0 radical (unpaired) electrons. The van der Waals surface area contributed by atoms with E-state index in [4.69, 9.17) is 69.6 Å². The van der Waals surface area contributed by atoms with Crippen molar-refractivity contribution in [1.82, 2.24) is 0 Å². The second-order valence-corrected chi connectivity index (χ2v) is 15.1. The highest BCUT2D eigenvalue weighted by molar-refractivity contribution is 6.63. The summed E-state index contributed by atoms with van der Waals surface area (Å²) in [6.07, 6.45) is 8.22. The average molecular weight is 643 g/mol. The second kappa shape index (κ2) is 16.9. The van der Waals surface area contributed by atoms with Crippen molar-refractivity contribution in [2.45, 2.75) is 108 Å². The zero-order valence-corrected chi connectivity index (χ0v) is 28.1. The van der Waals surface area contributed by atoms with Crippen molar-refractivity contribution in [3.8, 4) is 0 Å². The van der Waals surface area contributed by atoms with Gasteiger partial charge in [0.15, 0.2) is 20.8 Å². The monoisotopic (exact) mass is 639 g/mol. The van der Waals surface area contributed by atoms with Crippen molar-refractivity contribution in [2.75, 3.05) is 0 Å². The van der Waals surface area contributed by atoms with Gasteiger partial charge in [-0.1, -0.05) is 143 Å². The van der Waals surface area contributed by atoms with E-state index in [0.29, 0.717) is 23.3 Å². The van der Waals surface area contributed by atoms with E-state index in [1.807, 2.05) is 0 Å². The lowest BCUT2D eigenvalue weighted by Gasteiger charge is -2.42. The van der Waals surface area contributed by atoms with Crippen molar-refractivity contribution < 1.29 is 17.0 Å². The quantitative estimate of drug-likeness (QED) is 0.229. The predicted octanol–water partition coefficient (Wildman–Crippen LogP) is 8.50. The van der Waals surface area contributed by atoms with Gasteiger partial charge >= 0.3 is 0 Å². The summed E-state index contributed by atoms with van der Waals surface area (Å²) in [4.78, 5) is 0. The molecule has 0 unspecified atom stereocenters. The molecule has 36 heavy (non-hydrogen) atoms. The van der Waals surface area contributed by atoms with Crippen LogP contribution in [0.2, 0.25) is 0 Å². The number of hydrogen-bond acceptors (Lipinski definition) is 0. The van der Waals surface area contributed by atoms with E-state index in [-0.39, 0.29) is 12.4 Å². The van der Waals surface area contributed by atoms with Crippen molar-refractivity contribution in [1.29, 1.82) is 0 Å². The predicted molar refractivity (Wildman–Crippen MR) is 161 cm³/mol. The lowest BCUT2D eigenvalue weighted by atomic mass is 9.59. The lowest BCUT2D eigenvalue weighted by Crippen LogP contribution is -3.00. The average Bonchev–Trinajstić information content (AvgIpc) is 3.01. The first-order valence-electron chi connectivity index (χ1n) is 12.7. The van der Waals surface area contributed by atoms with Crippen LogP contribution in [0.5, 0.6) is 0 Å². The van der Waals surface area contributed by atoms with Gasteiger partial charge in [0.25, 0.3) is 0 Å². The van der Waals surface area contributed by atoms with Crippen LogP contribution >= 0.6 is 69.6 Å². The van der Waals surface area contributed by atoms with E-state index >= 15 is 0 Å². The molecule has 1 aromatic rings. The SMILES string of the molecule is CC(C)c1cccc(C(C)C)c1[N+]1=C[C@]2(C[C@H](C)CC[C@H]2C(C)C)C[C@H]1C.ClC(Cl)Cl.ClC(Cl)Cl.[Cl-]. The summed E-state index contributed by atoms with van der Waals surface area (Å²) in [6.45, 7) is 19.2. The van der Waals surface area contributed by atoms with Gasteiger partial charge < -0.3 is 12.4 Å². The van der Waals surface area contributed by atoms with Crippen LogP contribution in [0.3, 0.4) is 0 Å². The van der Waals surface area contributed by atoms with E-state index in [2.05, 4.69) is 84.4 Å². The molecule has 1 aliphatic carbocycles. The van der Waals surface area contributed by atoms with Gasteiger partial charge in [0, 0.05) is 17.5 Å². The van der Waals surface area contributed by atoms with Crippen molar-refractivity contribution in [3.05, 3.63) is 29.3 Å². The topological polar surface area (TPSA) is 3.01 Å². The normalized spacial score (nSPS) is 25.5. The van der Waals surface area contributed by atoms with E-state index in [9.17, 15) is 0 Å². The Bertz CT molecular complexity index is 769. The molecule has 0 aromatic heterocycles. The number of halogens is 7. The Morgan fingerprint density at radius 3 is 1.61 bits per heavy atom. The number of para-hydroxylation sites is 1. The smallest absolute Gasteiger partial charge is 0.212 e. The summed E-state index contributed by atoms with van der Waals surface area (Å²) >= 11 is 28.8. The molecule has 3 rings (SSSR count). The molecule has 1 spiro atoms. The molecular weight excluding hydrogens is 598 g/mol. The maximum atomic E-state index is 4.81. The van der Waals surface area contributed by atoms with Gasteiger partial charge in [-0.25, -0.2) is 0 Å². The molecule has 8 heteroatoms. The van der Waals surface area contributed by atoms with Crippen LogP contribution < -0.4 is 12.4 Å². The highest BCUT2D eigenvalue weighted by Gasteiger charge is 2.52. The third-order valence-electron chi connectivity index (χ3n) is 7.39. The highest BCUT2D eigenvalue weighted by atomic mass is 35.6. The summed E-state index contributed by atoms with van der Waals surface area (Å²) in [7, 11) is 0. The largest absolute Gasteiger partial charge is 1.00 e. The number of alkyl halides is 6. The van der Waals surface area contributed by atoms with Gasteiger partial charge in [-0.3, -0.25) is 0 Å². The number of rotatable bonds is 4. The fraction of sp³-hybridized carbons (Fsp3) is 0.750. The van der Waals surface area contributed by atoms with Crippen LogP contribution in [0.25, 0.3) is 0 Å². The molecule has 0 bridgehead atoms. The van der Waals surface area contributed by atoms with Gasteiger partial charge in [-0.2, -0.15) is 4.58 Å². The van der Waals surface area contributed by atoms with E-state index in [1.165, 1.54) is 42.5 Å². The Kier molecular flexibility index (Phi) is 17.3. The molecule has 1 saturated carbocycles. The summed E-state index contributed by atoms with van der Waals surface area (Å²) < 4.78 is 1.21.